The Hall–Kier alpha value is -2.47. The summed E-state index contributed by atoms with van der Waals surface area (Å²) in [6.45, 7) is 0.815. The van der Waals surface area contributed by atoms with Gasteiger partial charge >= 0.3 is 0 Å². The maximum atomic E-state index is 13.1. The van der Waals surface area contributed by atoms with Gasteiger partial charge in [-0.2, -0.15) is 0 Å². The van der Waals surface area contributed by atoms with Gasteiger partial charge in [0.05, 0.1) is 24.6 Å². The van der Waals surface area contributed by atoms with Crippen molar-refractivity contribution in [2.45, 2.75) is 23.8 Å². The molecule has 0 bridgehead atoms. The second-order valence-electron chi connectivity index (χ2n) is 6.76. The first-order chi connectivity index (χ1) is 13.2. The Balaban J connectivity index is 1.55. The van der Waals surface area contributed by atoms with Gasteiger partial charge in [0.15, 0.2) is 0 Å². The summed E-state index contributed by atoms with van der Waals surface area (Å²) in [6, 6.07) is 15.7. The lowest BCUT2D eigenvalue weighted by Crippen LogP contribution is -2.44. The summed E-state index contributed by atoms with van der Waals surface area (Å²) in [5.74, 6) is 1.16. The first-order valence-electron chi connectivity index (χ1n) is 9.13. The number of carbonyl (C=O) groups is 2. The molecule has 0 spiro atoms. The molecule has 140 valence electrons. The number of rotatable bonds is 4. The summed E-state index contributed by atoms with van der Waals surface area (Å²) in [5, 5.41) is 0. The maximum Gasteiger partial charge on any atom is 0.243 e. The molecule has 4 rings (SSSR count). The SMILES string of the molecule is COc1cccc(C2CCCN2C(=O)CN2C(=O)CSc3ccccc32)c1. The van der Waals surface area contributed by atoms with Crippen molar-refractivity contribution in [3.63, 3.8) is 0 Å². The van der Waals surface area contributed by atoms with Crippen molar-refractivity contribution in [1.29, 1.82) is 0 Å². The van der Waals surface area contributed by atoms with Crippen LogP contribution >= 0.6 is 11.8 Å². The largest absolute Gasteiger partial charge is 0.497 e. The number of likely N-dealkylation sites (tertiary alicyclic amines) is 1. The Labute approximate surface area is 163 Å². The number of amides is 2. The summed E-state index contributed by atoms with van der Waals surface area (Å²) in [6.07, 6.45) is 1.90. The Kier molecular flexibility index (Phi) is 5.07. The highest BCUT2D eigenvalue weighted by Crippen LogP contribution is 2.36. The second-order valence-corrected chi connectivity index (χ2v) is 7.78. The van der Waals surface area contributed by atoms with Crippen LogP contribution in [-0.2, 0) is 9.59 Å². The molecule has 27 heavy (non-hydrogen) atoms. The van der Waals surface area contributed by atoms with E-state index in [0.29, 0.717) is 5.75 Å². The number of hydrogen-bond donors (Lipinski definition) is 0. The fourth-order valence-electron chi connectivity index (χ4n) is 3.81. The molecule has 1 saturated heterocycles. The van der Waals surface area contributed by atoms with Crippen LogP contribution in [0.2, 0.25) is 0 Å². The highest BCUT2D eigenvalue weighted by molar-refractivity contribution is 8.00. The number of thioether (sulfide) groups is 1. The molecule has 0 radical (unpaired) electrons. The fraction of sp³-hybridized carbons (Fsp3) is 0.333. The van der Waals surface area contributed by atoms with Gasteiger partial charge in [-0.3, -0.25) is 9.59 Å². The van der Waals surface area contributed by atoms with E-state index < -0.39 is 0 Å². The molecular weight excluding hydrogens is 360 g/mol. The minimum absolute atomic E-state index is 0.00428. The zero-order valence-electron chi connectivity index (χ0n) is 15.3. The van der Waals surface area contributed by atoms with Crippen molar-refractivity contribution >= 4 is 29.3 Å². The van der Waals surface area contributed by atoms with E-state index in [-0.39, 0.29) is 24.4 Å². The van der Waals surface area contributed by atoms with Gasteiger partial charge in [0, 0.05) is 11.4 Å². The Morgan fingerprint density at radius 2 is 2.07 bits per heavy atom. The number of ether oxygens (including phenoxy) is 1. The third-order valence-electron chi connectivity index (χ3n) is 5.15. The van der Waals surface area contributed by atoms with Crippen LogP contribution in [0, 0.1) is 0 Å². The van der Waals surface area contributed by atoms with Crippen molar-refractivity contribution in [1.82, 2.24) is 4.90 Å². The molecule has 1 unspecified atom stereocenters. The highest BCUT2D eigenvalue weighted by Gasteiger charge is 2.33. The van der Waals surface area contributed by atoms with Gasteiger partial charge in [-0.15, -0.1) is 11.8 Å². The molecule has 6 heteroatoms. The van der Waals surface area contributed by atoms with E-state index in [0.717, 1.165) is 41.3 Å². The van der Waals surface area contributed by atoms with Crippen molar-refractivity contribution < 1.29 is 14.3 Å². The van der Waals surface area contributed by atoms with Gasteiger partial charge in [0.1, 0.15) is 12.3 Å². The molecule has 5 nitrogen and oxygen atoms in total. The predicted octanol–water partition coefficient (Wildman–Crippen LogP) is 3.50. The van der Waals surface area contributed by atoms with Crippen LogP contribution < -0.4 is 9.64 Å². The quantitative estimate of drug-likeness (QED) is 0.812. The number of nitrogens with zero attached hydrogens (tertiary/aromatic N) is 2. The number of hydrogen-bond acceptors (Lipinski definition) is 4. The van der Waals surface area contributed by atoms with E-state index in [4.69, 9.17) is 4.74 Å². The minimum atomic E-state index is -0.0100. The second kappa shape index (κ2) is 7.64. The van der Waals surface area contributed by atoms with Crippen molar-refractivity contribution in [2.24, 2.45) is 0 Å². The van der Waals surface area contributed by atoms with Gasteiger partial charge in [0.2, 0.25) is 11.8 Å². The Morgan fingerprint density at radius 3 is 2.93 bits per heavy atom. The lowest BCUT2D eigenvalue weighted by atomic mass is 10.0. The van der Waals surface area contributed by atoms with Crippen LogP contribution in [0.5, 0.6) is 5.75 Å². The molecule has 1 atom stereocenters. The van der Waals surface area contributed by atoms with Crippen LogP contribution in [-0.4, -0.2) is 42.7 Å². The molecule has 2 aromatic rings. The van der Waals surface area contributed by atoms with Crippen LogP contribution in [0.3, 0.4) is 0 Å². The van der Waals surface area contributed by atoms with E-state index in [2.05, 4.69) is 0 Å². The van der Waals surface area contributed by atoms with Crippen LogP contribution in [0.4, 0.5) is 5.69 Å². The van der Waals surface area contributed by atoms with Crippen LogP contribution in [0.15, 0.2) is 53.4 Å². The molecule has 2 aliphatic heterocycles. The average Bonchev–Trinajstić information content (AvgIpc) is 3.20. The molecule has 2 heterocycles. The molecule has 0 aromatic heterocycles. The van der Waals surface area contributed by atoms with E-state index in [1.54, 1.807) is 12.0 Å². The fourth-order valence-corrected chi connectivity index (χ4v) is 4.75. The van der Waals surface area contributed by atoms with Crippen molar-refractivity contribution in [3.8, 4) is 5.75 Å². The van der Waals surface area contributed by atoms with Gasteiger partial charge in [0.25, 0.3) is 0 Å². The van der Waals surface area contributed by atoms with Crippen LogP contribution in [0.25, 0.3) is 0 Å². The van der Waals surface area contributed by atoms with Gasteiger partial charge in [-0.05, 0) is 42.7 Å². The zero-order valence-corrected chi connectivity index (χ0v) is 16.1. The molecule has 0 aliphatic carbocycles. The summed E-state index contributed by atoms with van der Waals surface area (Å²) >= 11 is 1.53. The molecule has 0 saturated carbocycles. The lowest BCUT2D eigenvalue weighted by Gasteiger charge is -2.32. The number of anilines is 1. The van der Waals surface area contributed by atoms with E-state index in [1.165, 1.54) is 11.8 Å². The van der Waals surface area contributed by atoms with Gasteiger partial charge in [-0.25, -0.2) is 0 Å². The molecule has 2 aliphatic rings. The third kappa shape index (κ3) is 3.54. The number of fused-ring (bicyclic) bond motifs is 1. The number of methoxy groups -OCH3 is 1. The number of para-hydroxylation sites is 1. The number of benzene rings is 2. The first kappa shape index (κ1) is 17.9. The topological polar surface area (TPSA) is 49.9 Å². The Morgan fingerprint density at radius 1 is 1.22 bits per heavy atom. The minimum Gasteiger partial charge on any atom is -0.497 e. The molecule has 1 fully saturated rings. The maximum absolute atomic E-state index is 13.1. The molecule has 0 N–H and O–H groups in total. The van der Waals surface area contributed by atoms with Crippen LogP contribution in [0.1, 0.15) is 24.4 Å². The monoisotopic (exact) mass is 382 g/mol. The number of carbonyl (C=O) groups excluding carboxylic acids is 2. The summed E-state index contributed by atoms with van der Waals surface area (Å²) in [5.41, 5.74) is 1.92. The molecule has 2 aromatic carbocycles. The summed E-state index contributed by atoms with van der Waals surface area (Å²) in [4.78, 5) is 30.2. The highest BCUT2D eigenvalue weighted by atomic mass is 32.2. The zero-order chi connectivity index (χ0) is 18.8. The molecular formula is C21H22N2O3S. The smallest absolute Gasteiger partial charge is 0.243 e. The third-order valence-corrected chi connectivity index (χ3v) is 6.20. The van der Waals surface area contributed by atoms with Crippen molar-refractivity contribution in [2.75, 3.05) is 30.9 Å². The molecule has 2 amide bonds. The predicted molar refractivity (Wildman–Crippen MR) is 106 cm³/mol. The normalized spacial score (nSPS) is 19.1. The average molecular weight is 382 g/mol. The van der Waals surface area contributed by atoms with Gasteiger partial charge in [-0.1, -0.05) is 24.3 Å². The first-order valence-corrected chi connectivity index (χ1v) is 10.1. The Bertz CT molecular complexity index is 870. The van der Waals surface area contributed by atoms with E-state index in [1.807, 2.05) is 53.4 Å². The summed E-state index contributed by atoms with van der Waals surface area (Å²) < 4.78 is 5.33. The van der Waals surface area contributed by atoms with E-state index in [9.17, 15) is 9.59 Å². The summed E-state index contributed by atoms with van der Waals surface area (Å²) in [7, 11) is 1.65. The standard InChI is InChI=1S/C21H22N2O3S/c1-26-16-7-4-6-15(12-16)17-9-5-11-22(17)20(24)13-23-18-8-2-3-10-19(18)27-14-21(23)25/h2-4,6-8,10,12,17H,5,9,11,13-14H2,1H3. The van der Waals surface area contributed by atoms with E-state index >= 15 is 0 Å². The lowest BCUT2D eigenvalue weighted by molar-refractivity contribution is -0.132. The van der Waals surface area contributed by atoms with Crippen molar-refractivity contribution in [3.05, 3.63) is 54.1 Å². The van der Waals surface area contributed by atoms with Gasteiger partial charge < -0.3 is 14.5 Å².